The van der Waals surface area contributed by atoms with Crippen LogP contribution in [0.15, 0.2) is 65.9 Å². The van der Waals surface area contributed by atoms with Gasteiger partial charge in [-0.2, -0.15) is 0 Å². The van der Waals surface area contributed by atoms with E-state index in [1.54, 1.807) is 12.4 Å². The lowest BCUT2D eigenvalue weighted by Crippen LogP contribution is -2.28. The van der Waals surface area contributed by atoms with Gasteiger partial charge in [0.2, 0.25) is 0 Å². The van der Waals surface area contributed by atoms with Crippen LogP contribution in [0.5, 0.6) is 0 Å². The zero-order valence-electron chi connectivity index (χ0n) is 15.2. The van der Waals surface area contributed by atoms with E-state index in [0.717, 1.165) is 22.3 Å². The van der Waals surface area contributed by atoms with Gasteiger partial charge in [-0.05, 0) is 30.2 Å². The Hall–Kier alpha value is -2.81. The van der Waals surface area contributed by atoms with Gasteiger partial charge in [-0.1, -0.05) is 56.3 Å². The Kier molecular flexibility index (Phi) is 4.75. The SMILES string of the molecule is C/N=C(\C=C\c1cccc2nccnc12)C(C)(C)c1ccccc1C. The summed E-state index contributed by atoms with van der Waals surface area (Å²) in [6, 6.07) is 14.5. The molecule has 3 nitrogen and oxygen atoms in total. The summed E-state index contributed by atoms with van der Waals surface area (Å²) in [4.78, 5) is 13.4. The van der Waals surface area contributed by atoms with Crippen molar-refractivity contribution in [2.45, 2.75) is 26.2 Å². The van der Waals surface area contributed by atoms with Crippen LogP contribution in [0.25, 0.3) is 17.1 Å². The minimum atomic E-state index is -0.174. The number of hydrogen-bond donors (Lipinski definition) is 0. The summed E-state index contributed by atoms with van der Waals surface area (Å²) in [5.74, 6) is 0. The molecule has 0 amide bonds. The highest BCUT2D eigenvalue weighted by Crippen LogP contribution is 2.29. The number of hydrogen-bond acceptors (Lipinski definition) is 3. The molecule has 0 atom stereocenters. The van der Waals surface area contributed by atoms with Crippen molar-refractivity contribution in [2.75, 3.05) is 7.05 Å². The number of allylic oxidation sites excluding steroid dienone is 1. The first-order chi connectivity index (χ1) is 12.0. The maximum atomic E-state index is 4.57. The molecule has 0 saturated carbocycles. The fraction of sp³-hybridized carbons (Fsp3) is 0.227. The Morgan fingerprint density at radius 3 is 2.52 bits per heavy atom. The van der Waals surface area contributed by atoms with Crippen molar-refractivity contribution in [1.29, 1.82) is 0 Å². The van der Waals surface area contributed by atoms with Crippen LogP contribution in [0.1, 0.15) is 30.5 Å². The number of rotatable bonds is 4. The zero-order chi connectivity index (χ0) is 17.9. The highest BCUT2D eigenvalue weighted by molar-refractivity contribution is 6.06. The number of aliphatic imine (C=N–C) groups is 1. The number of aryl methyl sites for hydroxylation is 1. The quantitative estimate of drug-likeness (QED) is 0.632. The van der Waals surface area contributed by atoms with E-state index in [4.69, 9.17) is 0 Å². The number of aromatic nitrogens is 2. The van der Waals surface area contributed by atoms with Crippen LogP contribution in [0.4, 0.5) is 0 Å². The Bertz CT molecular complexity index is 947. The molecule has 3 aromatic rings. The summed E-state index contributed by atoms with van der Waals surface area (Å²) in [5.41, 5.74) is 6.28. The summed E-state index contributed by atoms with van der Waals surface area (Å²) < 4.78 is 0. The molecule has 0 aliphatic carbocycles. The maximum absolute atomic E-state index is 4.57. The molecular formula is C22H23N3. The van der Waals surface area contributed by atoms with Gasteiger partial charge in [0.1, 0.15) is 0 Å². The predicted molar refractivity (Wildman–Crippen MR) is 106 cm³/mol. The third-order valence-corrected chi connectivity index (χ3v) is 4.65. The van der Waals surface area contributed by atoms with Gasteiger partial charge in [0, 0.05) is 36.1 Å². The lowest BCUT2D eigenvalue weighted by molar-refractivity contribution is 0.713. The highest BCUT2D eigenvalue weighted by Gasteiger charge is 2.26. The second-order valence-corrected chi connectivity index (χ2v) is 6.65. The van der Waals surface area contributed by atoms with E-state index in [0.29, 0.717) is 0 Å². The maximum Gasteiger partial charge on any atom is 0.0958 e. The van der Waals surface area contributed by atoms with Crippen molar-refractivity contribution in [3.05, 3.63) is 77.6 Å². The van der Waals surface area contributed by atoms with Crippen molar-refractivity contribution in [2.24, 2.45) is 4.99 Å². The summed E-state index contributed by atoms with van der Waals surface area (Å²) in [5, 5.41) is 0. The van der Waals surface area contributed by atoms with Crippen LogP contribution in [0.3, 0.4) is 0 Å². The first kappa shape index (κ1) is 17.0. The van der Waals surface area contributed by atoms with Gasteiger partial charge in [0.15, 0.2) is 0 Å². The molecule has 0 aliphatic heterocycles. The summed E-state index contributed by atoms with van der Waals surface area (Å²) >= 11 is 0. The Morgan fingerprint density at radius 2 is 1.76 bits per heavy atom. The van der Waals surface area contributed by atoms with Crippen molar-refractivity contribution >= 4 is 22.8 Å². The fourth-order valence-corrected chi connectivity index (χ4v) is 3.29. The van der Waals surface area contributed by atoms with Crippen LogP contribution in [0.2, 0.25) is 0 Å². The standard InChI is InChI=1S/C22H23N3/c1-16-8-5-6-10-18(16)22(2,3)20(23-4)13-12-17-9-7-11-19-21(17)25-15-14-24-19/h5-15H,1-4H3/b13-12+,23-20+. The first-order valence-electron chi connectivity index (χ1n) is 8.45. The van der Waals surface area contributed by atoms with Crippen molar-refractivity contribution in [1.82, 2.24) is 9.97 Å². The lowest BCUT2D eigenvalue weighted by Gasteiger charge is -2.27. The minimum absolute atomic E-state index is 0.174. The van der Waals surface area contributed by atoms with Gasteiger partial charge in [-0.3, -0.25) is 15.0 Å². The van der Waals surface area contributed by atoms with E-state index in [1.165, 1.54) is 11.1 Å². The molecule has 0 N–H and O–H groups in total. The molecule has 126 valence electrons. The van der Waals surface area contributed by atoms with Crippen molar-refractivity contribution in [3.8, 4) is 0 Å². The van der Waals surface area contributed by atoms with E-state index >= 15 is 0 Å². The average Bonchev–Trinajstić information content (AvgIpc) is 2.62. The fourth-order valence-electron chi connectivity index (χ4n) is 3.29. The Morgan fingerprint density at radius 1 is 1.00 bits per heavy atom. The molecule has 3 rings (SSSR count). The third kappa shape index (κ3) is 3.36. The van der Waals surface area contributed by atoms with Gasteiger partial charge in [0.25, 0.3) is 0 Å². The molecule has 0 aliphatic rings. The first-order valence-corrected chi connectivity index (χ1v) is 8.45. The number of benzene rings is 2. The second-order valence-electron chi connectivity index (χ2n) is 6.65. The van der Waals surface area contributed by atoms with Crippen molar-refractivity contribution in [3.63, 3.8) is 0 Å². The molecular weight excluding hydrogens is 306 g/mol. The lowest BCUT2D eigenvalue weighted by atomic mass is 9.77. The van der Waals surface area contributed by atoms with E-state index in [-0.39, 0.29) is 5.41 Å². The molecule has 0 spiro atoms. The molecule has 0 unspecified atom stereocenters. The smallest absolute Gasteiger partial charge is 0.0958 e. The zero-order valence-corrected chi connectivity index (χ0v) is 15.2. The highest BCUT2D eigenvalue weighted by atomic mass is 14.8. The molecule has 2 aromatic carbocycles. The summed E-state index contributed by atoms with van der Waals surface area (Å²) in [6.45, 7) is 6.57. The second kappa shape index (κ2) is 6.98. The Balaban J connectivity index is 2.00. The van der Waals surface area contributed by atoms with E-state index in [1.807, 2.05) is 19.2 Å². The van der Waals surface area contributed by atoms with Gasteiger partial charge in [-0.25, -0.2) is 0 Å². The van der Waals surface area contributed by atoms with E-state index in [9.17, 15) is 0 Å². The van der Waals surface area contributed by atoms with Gasteiger partial charge < -0.3 is 0 Å². The largest absolute Gasteiger partial charge is 0.292 e. The number of nitrogens with zero attached hydrogens (tertiary/aromatic N) is 3. The topological polar surface area (TPSA) is 38.1 Å². The normalized spacial score (nSPS) is 12.9. The number of fused-ring (bicyclic) bond motifs is 1. The molecule has 0 bridgehead atoms. The Labute approximate surface area is 149 Å². The molecule has 0 radical (unpaired) electrons. The van der Waals surface area contributed by atoms with Gasteiger partial charge in [0.05, 0.1) is 11.0 Å². The molecule has 0 fully saturated rings. The van der Waals surface area contributed by atoms with Crippen LogP contribution >= 0.6 is 0 Å². The van der Waals surface area contributed by atoms with E-state index in [2.05, 4.69) is 78.2 Å². The monoisotopic (exact) mass is 329 g/mol. The van der Waals surface area contributed by atoms with Crippen LogP contribution in [0, 0.1) is 6.92 Å². The average molecular weight is 329 g/mol. The van der Waals surface area contributed by atoms with Gasteiger partial charge >= 0.3 is 0 Å². The van der Waals surface area contributed by atoms with E-state index < -0.39 is 0 Å². The van der Waals surface area contributed by atoms with Crippen LogP contribution in [-0.4, -0.2) is 22.7 Å². The summed E-state index contributed by atoms with van der Waals surface area (Å²) in [7, 11) is 1.85. The third-order valence-electron chi connectivity index (χ3n) is 4.65. The van der Waals surface area contributed by atoms with Crippen LogP contribution in [-0.2, 0) is 5.41 Å². The van der Waals surface area contributed by atoms with Gasteiger partial charge in [-0.15, -0.1) is 0 Å². The molecule has 1 heterocycles. The minimum Gasteiger partial charge on any atom is -0.292 e. The molecule has 3 heteroatoms. The number of para-hydroxylation sites is 1. The molecule has 25 heavy (non-hydrogen) atoms. The molecule has 1 aromatic heterocycles. The molecule has 0 saturated heterocycles. The predicted octanol–water partition coefficient (Wildman–Crippen LogP) is 5.00. The summed E-state index contributed by atoms with van der Waals surface area (Å²) in [6.07, 6.45) is 7.62. The van der Waals surface area contributed by atoms with Crippen LogP contribution < -0.4 is 0 Å². The van der Waals surface area contributed by atoms with Crippen molar-refractivity contribution < 1.29 is 0 Å².